The highest BCUT2D eigenvalue weighted by Gasteiger charge is 2.31. The smallest absolute Gasteiger partial charge is 0.0131 e. The van der Waals surface area contributed by atoms with Gasteiger partial charge in [0.15, 0.2) is 0 Å². The van der Waals surface area contributed by atoms with Crippen molar-refractivity contribution in [2.24, 2.45) is 5.92 Å². The van der Waals surface area contributed by atoms with Crippen molar-refractivity contribution in [3.63, 3.8) is 0 Å². The molecule has 2 heteroatoms. The summed E-state index contributed by atoms with van der Waals surface area (Å²) >= 11 is 4.45. The van der Waals surface area contributed by atoms with E-state index in [0.29, 0.717) is 0 Å². The summed E-state index contributed by atoms with van der Waals surface area (Å²) in [5, 5.41) is 0. The lowest BCUT2D eigenvalue weighted by atomic mass is 9.85. The number of hydrogen-bond donors (Lipinski definition) is 1. The summed E-state index contributed by atoms with van der Waals surface area (Å²) in [6.45, 7) is 2.71. The van der Waals surface area contributed by atoms with Crippen LogP contribution < -0.4 is 0 Å². The van der Waals surface area contributed by atoms with Crippen LogP contribution in [0.3, 0.4) is 0 Å². The number of nitrogens with zero attached hydrogens (tertiary/aromatic N) is 1. The summed E-state index contributed by atoms with van der Waals surface area (Å²) in [4.78, 5) is 2.70. The minimum Gasteiger partial charge on any atom is -0.300 e. The van der Waals surface area contributed by atoms with Crippen LogP contribution in [0, 0.1) is 5.92 Å². The number of rotatable bonds is 1. The Balaban J connectivity index is 1.99. The largest absolute Gasteiger partial charge is 0.300 e. The van der Waals surface area contributed by atoms with Gasteiger partial charge in [-0.25, -0.2) is 0 Å². The van der Waals surface area contributed by atoms with Gasteiger partial charge in [-0.3, -0.25) is 0 Å². The van der Waals surface area contributed by atoms with Crippen molar-refractivity contribution in [3.05, 3.63) is 0 Å². The molecule has 0 spiro atoms. The molecule has 0 unspecified atom stereocenters. The number of piperidine rings is 2. The molecule has 0 saturated carbocycles. The Kier molecular flexibility index (Phi) is 2.97. The molecule has 2 fully saturated rings. The van der Waals surface area contributed by atoms with Crippen molar-refractivity contribution >= 4 is 12.6 Å². The first-order chi connectivity index (χ1) is 5.92. The fourth-order valence-corrected chi connectivity index (χ4v) is 3.22. The number of thiol groups is 1. The zero-order valence-corrected chi connectivity index (χ0v) is 8.60. The lowest BCUT2D eigenvalue weighted by molar-refractivity contribution is 0.0694. The number of fused-ring (bicyclic) bond motifs is 1. The third-order valence-corrected chi connectivity index (χ3v) is 3.93. The highest BCUT2D eigenvalue weighted by Crippen LogP contribution is 2.31. The third-order valence-electron chi connectivity index (χ3n) is 3.46. The Labute approximate surface area is 80.9 Å². The van der Waals surface area contributed by atoms with E-state index in [0.717, 1.165) is 17.7 Å². The fourth-order valence-electron chi connectivity index (χ4n) is 2.79. The van der Waals surface area contributed by atoms with E-state index in [1.54, 1.807) is 0 Å². The zero-order chi connectivity index (χ0) is 8.39. The predicted molar refractivity (Wildman–Crippen MR) is 55.8 cm³/mol. The van der Waals surface area contributed by atoms with Crippen LogP contribution in [-0.4, -0.2) is 29.8 Å². The molecule has 1 nitrogen and oxygen atoms in total. The second kappa shape index (κ2) is 4.01. The second-order valence-electron chi connectivity index (χ2n) is 4.18. The van der Waals surface area contributed by atoms with Gasteiger partial charge in [0.05, 0.1) is 0 Å². The van der Waals surface area contributed by atoms with Crippen LogP contribution in [0.5, 0.6) is 0 Å². The molecule has 2 rings (SSSR count). The normalized spacial score (nSPS) is 37.8. The Hall–Kier alpha value is 0.310. The molecular formula is C10H19NS. The Bertz CT molecular complexity index is 140. The molecule has 0 aliphatic carbocycles. The van der Waals surface area contributed by atoms with Gasteiger partial charge in [0.2, 0.25) is 0 Å². The molecule has 0 aromatic carbocycles. The van der Waals surface area contributed by atoms with Crippen molar-refractivity contribution in [1.82, 2.24) is 4.90 Å². The van der Waals surface area contributed by atoms with Crippen LogP contribution in [-0.2, 0) is 0 Å². The van der Waals surface area contributed by atoms with E-state index in [-0.39, 0.29) is 0 Å². The minimum atomic E-state index is 0.891. The van der Waals surface area contributed by atoms with E-state index < -0.39 is 0 Å². The van der Waals surface area contributed by atoms with Gasteiger partial charge < -0.3 is 4.90 Å². The standard InChI is InChI=1S/C10H19NS/c12-8-9-4-3-7-11-6-2-1-5-10(9)11/h9-10,12H,1-8H2/t9-,10-/m0/s1. The Morgan fingerprint density at radius 3 is 2.75 bits per heavy atom. The second-order valence-corrected chi connectivity index (χ2v) is 4.55. The molecule has 2 atom stereocenters. The van der Waals surface area contributed by atoms with Crippen LogP contribution in [0.4, 0.5) is 0 Å². The monoisotopic (exact) mass is 185 g/mol. The van der Waals surface area contributed by atoms with Crippen molar-refractivity contribution in [2.75, 3.05) is 18.8 Å². The van der Waals surface area contributed by atoms with Crippen LogP contribution in [0.25, 0.3) is 0 Å². The molecule has 0 radical (unpaired) electrons. The van der Waals surface area contributed by atoms with Crippen molar-refractivity contribution < 1.29 is 0 Å². The summed E-state index contributed by atoms with van der Waals surface area (Å²) in [6, 6.07) is 0.894. The van der Waals surface area contributed by atoms with E-state index in [2.05, 4.69) is 17.5 Å². The highest BCUT2D eigenvalue weighted by molar-refractivity contribution is 7.80. The van der Waals surface area contributed by atoms with Crippen LogP contribution >= 0.6 is 12.6 Å². The molecular weight excluding hydrogens is 166 g/mol. The first-order valence-corrected chi connectivity index (χ1v) is 5.90. The van der Waals surface area contributed by atoms with Gasteiger partial charge >= 0.3 is 0 Å². The molecule has 2 heterocycles. The van der Waals surface area contributed by atoms with Gasteiger partial charge in [-0.1, -0.05) is 6.42 Å². The van der Waals surface area contributed by atoms with E-state index in [9.17, 15) is 0 Å². The molecule has 2 aliphatic heterocycles. The Morgan fingerprint density at radius 2 is 1.92 bits per heavy atom. The summed E-state index contributed by atoms with van der Waals surface area (Å²) in [5.41, 5.74) is 0. The van der Waals surface area contributed by atoms with Crippen LogP contribution in [0.15, 0.2) is 0 Å². The van der Waals surface area contributed by atoms with Gasteiger partial charge in [0.1, 0.15) is 0 Å². The maximum atomic E-state index is 4.45. The molecule has 2 saturated heterocycles. The molecule has 12 heavy (non-hydrogen) atoms. The first-order valence-electron chi connectivity index (χ1n) is 5.26. The maximum absolute atomic E-state index is 4.45. The molecule has 0 aromatic rings. The SMILES string of the molecule is SC[C@@H]1CCCN2CCCC[C@@H]12. The van der Waals surface area contributed by atoms with E-state index in [1.807, 2.05) is 0 Å². The van der Waals surface area contributed by atoms with Crippen molar-refractivity contribution in [3.8, 4) is 0 Å². The minimum absolute atomic E-state index is 0.891. The van der Waals surface area contributed by atoms with E-state index in [1.165, 1.54) is 45.2 Å². The molecule has 0 amide bonds. The van der Waals surface area contributed by atoms with Crippen molar-refractivity contribution in [2.45, 2.75) is 38.1 Å². The summed E-state index contributed by atoms with van der Waals surface area (Å²) in [7, 11) is 0. The Morgan fingerprint density at radius 1 is 1.08 bits per heavy atom. The lowest BCUT2D eigenvalue weighted by Gasteiger charge is -2.44. The predicted octanol–water partition coefficient (Wildman–Crippen LogP) is 2.18. The summed E-state index contributed by atoms with van der Waals surface area (Å²) in [6.07, 6.45) is 7.14. The van der Waals surface area contributed by atoms with Gasteiger partial charge in [0, 0.05) is 6.04 Å². The van der Waals surface area contributed by atoms with E-state index >= 15 is 0 Å². The highest BCUT2D eigenvalue weighted by atomic mass is 32.1. The third kappa shape index (κ3) is 1.64. The number of hydrogen-bond acceptors (Lipinski definition) is 2. The fraction of sp³-hybridized carbons (Fsp3) is 1.00. The summed E-state index contributed by atoms with van der Waals surface area (Å²) < 4.78 is 0. The van der Waals surface area contributed by atoms with Gasteiger partial charge in [0.25, 0.3) is 0 Å². The topological polar surface area (TPSA) is 3.24 Å². The van der Waals surface area contributed by atoms with Crippen LogP contribution in [0.2, 0.25) is 0 Å². The average molecular weight is 185 g/mol. The molecule has 0 aromatic heterocycles. The maximum Gasteiger partial charge on any atom is 0.0131 e. The molecule has 0 N–H and O–H groups in total. The average Bonchev–Trinajstić information content (AvgIpc) is 2.17. The lowest BCUT2D eigenvalue weighted by Crippen LogP contribution is -2.48. The quantitative estimate of drug-likeness (QED) is 0.613. The van der Waals surface area contributed by atoms with E-state index in [4.69, 9.17) is 0 Å². The first kappa shape index (κ1) is 8.89. The van der Waals surface area contributed by atoms with Crippen LogP contribution in [0.1, 0.15) is 32.1 Å². The van der Waals surface area contributed by atoms with Gasteiger partial charge in [-0.2, -0.15) is 12.6 Å². The van der Waals surface area contributed by atoms with Gasteiger partial charge in [-0.15, -0.1) is 0 Å². The zero-order valence-electron chi connectivity index (χ0n) is 7.71. The van der Waals surface area contributed by atoms with Crippen molar-refractivity contribution in [1.29, 1.82) is 0 Å². The molecule has 70 valence electrons. The summed E-state index contributed by atoms with van der Waals surface area (Å²) in [5.74, 6) is 1.99. The molecule has 0 bridgehead atoms. The van der Waals surface area contributed by atoms with Gasteiger partial charge in [-0.05, 0) is 50.4 Å². The molecule has 2 aliphatic rings.